The van der Waals surface area contributed by atoms with Crippen LogP contribution in [-0.4, -0.2) is 119 Å². The van der Waals surface area contributed by atoms with Crippen LogP contribution in [-0.2, 0) is 152 Å². The Hall–Kier alpha value is -12.7. The molecule has 0 bridgehead atoms. The molecular weight excluding hydrogens is 2460 g/mol. The predicted molar refractivity (Wildman–Crippen MR) is 466 cm³/mol. The molecule has 649 valence electrons. The number of hydrogen-bond acceptors (Lipinski definition) is 16. The second-order valence-electron chi connectivity index (χ2n) is 25.5. The molecule has 7 aromatic carbocycles. The van der Waals surface area contributed by atoms with Gasteiger partial charge in [0.05, 0.1) is 40.3 Å². The molecule has 0 unspecified atom stereocenters. The number of ketones is 2. The van der Waals surface area contributed by atoms with E-state index in [1.807, 2.05) is 295 Å². The van der Waals surface area contributed by atoms with Gasteiger partial charge >= 0.3 is 0 Å². The smallest absolute Gasteiger partial charge is 0.163 e. The van der Waals surface area contributed by atoms with E-state index in [1.165, 1.54) is 34.0 Å². The van der Waals surface area contributed by atoms with E-state index in [2.05, 4.69) is 109 Å². The van der Waals surface area contributed by atoms with E-state index in [0.29, 0.717) is 16.7 Å². The Morgan fingerprint density at radius 2 is 0.592 bits per heavy atom. The number of nitrogens with zero attached hydrogens (tertiary/aromatic N) is 20. The van der Waals surface area contributed by atoms with E-state index in [4.69, 9.17) is 0 Å². The maximum Gasteiger partial charge on any atom is 0.163 e. The van der Waals surface area contributed by atoms with E-state index in [9.17, 15) is 19.8 Å². The molecule has 0 spiro atoms. The van der Waals surface area contributed by atoms with Gasteiger partial charge in [0.2, 0.25) is 0 Å². The van der Waals surface area contributed by atoms with Crippen molar-refractivity contribution in [2.24, 2.45) is 42.3 Å². The van der Waals surface area contributed by atoms with Crippen molar-refractivity contribution < 1.29 is 120 Å². The molecule has 11 heterocycles. The Morgan fingerprint density at radius 1 is 0.280 bits per heavy atom. The molecule has 125 heavy (non-hydrogen) atoms. The molecular formula is C96H88Ir5N20O4-8. The Bertz CT molecular complexity index is 5230. The summed E-state index contributed by atoms with van der Waals surface area (Å²) >= 11 is 0. The minimum atomic E-state index is -0.147. The number of rotatable bonds is 12. The molecule has 0 atom stereocenters. The summed E-state index contributed by atoms with van der Waals surface area (Å²) in [5.74, 6) is 5.53. The van der Waals surface area contributed by atoms with Crippen LogP contribution in [0, 0.1) is 48.5 Å². The van der Waals surface area contributed by atoms with Gasteiger partial charge in [-0.1, -0.05) is 42.7 Å². The fourth-order valence-electron chi connectivity index (χ4n) is 11.0. The SMILES string of the molecule is CC(=O)C(=C(C)O)c1ccccc1.CC(=O)C(=C(C)O)c1ccncc1.Cn1ccnc1-c1[c-]cccc1.Cn1ccnc1-c1[c-]cccc1.Cn1ccnc1-c1[c-]cccc1.Cn1ccnc1-c1[c-]cccc1.Cn1ccnc1-c1[c-]cccc1.Cn1ccnc1-c1[c-]cncc1.[Ir].[Ir].[Ir].[Ir].[Ir].[c-]1ccccc1-n1cncn1.[c-]1cnccc1-n1cccn1. The van der Waals surface area contributed by atoms with Crippen LogP contribution in [0.25, 0.3) is 90.8 Å². The molecule has 0 saturated heterocycles. The van der Waals surface area contributed by atoms with Gasteiger partial charge in [-0.3, -0.25) is 49.2 Å². The maximum absolute atomic E-state index is 11.2. The van der Waals surface area contributed by atoms with Crippen LogP contribution in [0.2, 0.25) is 0 Å². The van der Waals surface area contributed by atoms with Gasteiger partial charge in [-0.25, -0.2) is 15.7 Å². The third kappa shape index (κ3) is 34.1. The molecule has 0 fully saturated rings. The third-order valence-electron chi connectivity index (χ3n) is 16.7. The van der Waals surface area contributed by atoms with Gasteiger partial charge in [-0.15, -0.1) is 203 Å². The van der Waals surface area contributed by atoms with E-state index in [1.54, 1.807) is 121 Å². The molecule has 18 rings (SSSR count). The number of benzene rings is 7. The largest absolute Gasteiger partial charge is 0.512 e. The first kappa shape index (κ1) is 105. The quantitative estimate of drug-likeness (QED) is 0.0654. The van der Waals surface area contributed by atoms with Gasteiger partial charge in [0.1, 0.15) is 24.2 Å². The van der Waals surface area contributed by atoms with Gasteiger partial charge in [-0.2, -0.15) is 46.6 Å². The van der Waals surface area contributed by atoms with Crippen LogP contribution < -0.4 is 0 Å². The number of aliphatic hydroxyl groups is 2. The number of para-hydroxylation sites is 1. The molecule has 29 heteroatoms. The Labute approximate surface area is 796 Å². The fraction of sp³-hybridized carbons (Fsp3) is 0.104. The molecule has 5 radical (unpaired) electrons. The third-order valence-corrected chi connectivity index (χ3v) is 16.7. The van der Waals surface area contributed by atoms with E-state index < -0.39 is 0 Å². The minimum absolute atomic E-state index is 0. The number of allylic oxidation sites excluding steroid dienone is 4. The average molecular weight is 2550 g/mol. The fourth-order valence-corrected chi connectivity index (χ4v) is 11.0. The van der Waals surface area contributed by atoms with E-state index >= 15 is 0 Å². The van der Waals surface area contributed by atoms with Crippen molar-refractivity contribution >= 4 is 22.7 Å². The summed E-state index contributed by atoms with van der Waals surface area (Å²) < 4.78 is 15.2. The Morgan fingerprint density at radius 3 is 0.848 bits per heavy atom. The number of aliphatic hydroxyl groups excluding tert-OH is 2. The summed E-state index contributed by atoms with van der Waals surface area (Å²) in [6, 6.07) is 89.6. The molecule has 0 aliphatic heterocycles. The van der Waals surface area contributed by atoms with Crippen molar-refractivity contribution in [1.29, 1.82) is 0 Å². The van der Waals surface area contributed by atoms with Crippen LogP contribution in [0.4, 0.5) is 0 Å². The monoisotopic (exact) mass is 2550 g/mol. The summed E-state index contributed by atoms with van der Waals surface area (Å²) in [7, 11) is 11.8. The van der Waals surface area contributed by atoms with Gasteiger partial charge in [-0.05, 0) is 82.1 Å². The van der Waals surface area contributed by atoms with Crippen LogP contribution in [0.1, 0.15) is 38.8 Å². The molecule has 24 nitrogen and oxygen atoms in total. The number of hydrogen-bond donors (Lipinski definition) is 2. The molecule has 0 aliphatic rings. The summed E-state index contributed by atoms with van der Waals surface area (Å²) in [6.45, 7) is 5.89. The zero-order valence-electron chi connectivity index (χ0n) is 69.7. The number of Topliss-reactive ketones (excluding diaryl/α,β-unsaturated/α-hetero) is 2. The average Bonchev–Trinajstić information content (AvgIpc) is 1.32. The first-order chi connectivity index (χ1) is 58.4. The summed E-state index contributed by atoms with van der Waals surface area (Å²) in [4.78, 5) is 63.0. The Kier molecular flexibility index (Phi) is 48.2. The van der Waals surface area contributed by atoms with Crippen molar-refractivity contribution in [3.63, 3.8) is 0 Å². The van der Waals surface area contributed by atoms with E-state index in [0.717, 1.165) is 85.3 Å². The number of pyridine rings is 3. The molecule has 0 aliphatic carbocycles. The van der Waals surface area contributed by atoms with Gasteiger partial charge in [0, 0.05) is 241 Å². The second kappa shape index (κ2) is 57.6. The predicted octanol–water partition coefficient (Wildman–Crippen LogP) is 17.4. The van der Waals surface area contributed by atoms with Crippen LogP contribution in [0.15, 0.2) is 354 Å². The van der Waals surface area contributed by atoms with Crippen LogP contribution in [0.5, 0.6) is 0 Å². The van der Waals surface area contributed by atoms with E-state index in [-0.39, 0.29) is 124 Å². The van der Waals surface area contributed by atoms with Gasteiger partial charge < -0.3 is 47.6 Å². The van der Waals surface area contributed by atoms with Crippen molar-refractivity contribution in [2.45, 2.75) is 27.7 Å². The van der Waals surface area contributed by atoms with Crippen molar-refractivity contribution in [2.75, 3.05) is 0 Å². The van der Waals surface area contributed by atoms with Crippen molar-refractivity contribution in [3.8, 4) is 79.7 Å². The maximum atomic E-state index is 11.2. The first-order valence-corrected chi connectivity index (χ1v) is 37.4. The van der Waals surface area contributed by atoms with Crippen LogP contribution in [0.3, 0.4) is 0 Å². The van der Waals surface area contributed by atoms with Gasteiger partial charge in [0.25, 0.3) is 0 Å². The summed E-state index contributed by atoms with van der Waals surface area (Å²) in [5.41, 5.74) is 10.1. The number of aromatic nitrogens is 20. The van der Waals surface area contributed by atoms with Gasteiger partial charge in [0.15, 0.2) is 11.6 Å². The molecule has 18 aromatic rings. The summed E-state index contributed by atoms with van der Waals surface area (Å²) in [5, 5.41) is 26.6. The second-order valence-corrected chi connectivity index (χ2v) is 25.5. The normalized spacial score (nSPS) is 10.1. The zero-order valence-corrected chi connectivity index (χ0v) is 81.6. The molecule has 0 amide bonds. The standard InChI is InChI=1S/C11H12O2.5C10H9N2.C10H11NO2.C9H8N3.2C8H6N3.5Ir/c1-8(12)11(9(2)13)10-6-4-3-5-7-10;5*1-12-8-7-11-10(12)9-5-3-2-4-6-9;1-7(12)10(8(2)13)9-3-5-11-6-4-9;1-12-7-6-11-9(12)8-2-4-10-5-3-8;1-4-10-11(7-1)8-2-5-9-6-3-8;1-2-4-8(5-3-1)11-7-9-6-10-11;;;;;/h3-7,12H,1-2H3;5*2-5,7-8H,1H3;3-6,12H,1-2H3;2,4-7H,1H3;1-2,4-7H;1-4,6-7H;;;;;/q;5*-1;;3*-1;;;;;. The molecule has 11 aromatic heterocycles. The number of imidazole rings is 6. The number of carbonyl (C=O) groups is 2. The number of carbonyl (C=O) groups excluding carboxylic acids is 2. The van der Waals surface area contributed by atoms with Crippen molar-refractivity contribution in [3.05, 3.63) is 414 Å². The topological polar surface area (TPSA) is 269 Å². The van der Waals surface area contributed by atoms with Crippen LogP contribution >= 0.6 is 0 Å². The molecule has 0 saturated carbocycles. The minimum Gasteiger partial charge on any atom is -0.512 e. The molecule has 2 N–H and O–H groups in total. The zero-order chi connectivity index (χ0) is 85.1. The Balaban J connectivity index is 0.000000290. The van der Waals surface area contributed by atoms with Crippen molar-refractivity contribution in [1.82, 2.24) is 96.8 Å². The summed E-state index contributed by atoms with van der Waals surface area (Å²) in [6.07, 6.45) is 38.9. The number of aryl methyl sites for hydroxylation is 6. The first-order valence-electron chi connectivity index (χ1n) is 37.4.